The molecule has 0 saturated carbocycles. The van der Waals surface area contributed by atoms with E-state index in [4.69, 9.17) is 16.7 Å². The van der Waals surface area contributed by atoms with Crippen LogP contribution in [0.3, 0.4) is 0 Å². The van der Waals surface area contributed by atoms with E-state index >= 15 is 0 Å². The van der Waals surface area contributed by atoms with Crippen molar-refractivity contribution in [3.05, 3.63) is 28.5 Å². The molecule has 2 nitrogen and oxygen atoms in total. The Labute approximate surface area is 72.8 Å². The normalized spacial score (nSPS) is 10.8. The van der Waals surface area contributed by atoms with Gasteiger partial charge in [-0.25, -0.2) is 8.78 Å². The van der Waals surface area contributed by atoms with Crippen molar-refractivity contribution < 1.29 is 13.9 Å². The molecule has 0 atom stereocenters. The van der Waals surface area contributed by atoms with E-state index in [0.29, 0.717) is 0 Å². The summed E-state index contributed by atoms with van der Waals surface area (Å²) in [5.41, 5.74) is -0.272. The topological polar surface area (TPSA) is 33.1 Å². The average molecular weight is 194 g/mol. The molecule has 66 valence electrons. The maximum absolute atomic E-state index is 12.2. The largest absolute Gasteiger partial charge is 0.392 e. The molecular weight excluding hydrogens is 188 g/mol. The number of hydrogen-bond acceptors (Lipinski definition) is 2. The van der Waals surface area contributed by atoms with Crippen LogP contribution in [0.2, 0.25) is 5.02 Å². The first-order valence-corrected chi connectivity index (χ1v) is 3.56. The molecule has 0 amide bonds. The molecule has 0 unspecified atom stereocenters. The fraction of sp³-hybridized carbons (Fsp3) is 0.286. The number of aliphatic hydroxyl groups excluding tert-OH is 1. The second-order valence-electron chi connectivity index (χ2n) is 2.15. The Morgan fingerprint density at radius 1 is 1.50 bits per heavy atom. The fourth-order valence-corrected chi connectivity index (χ4v) is 1.06. The number of hydrogen-bond donors (Lipinski definition) is 1. The molecule has 0 saturated heterocycles. The zero-order valence-electron chi connectivity index (χ0n) is 5.97. The lowest BCUT2D eigenvalue weighted by Crippen LogP contribution is -1.96. The Balaban J connectivity index is 3.18. The van der Waals surface area contributed by atoms with Gasteiger partial charge < -0.3 is 5.11 Å². The zero-order valence-corrected chi connectivity index (χ0v) is 6.72. The van der Waals surface area contributed by atoms with Gasteiger partial charge in [-0.05, 0) is 0 Å². The Morgan fingerprint density at radius 3 is 2.58 bits per heavy atom. The van der Waals surface area contributed by atoms with Gasteiger partial charge >= 0.3 is 0 Å². The van der Waals surface area contributed by atoms with Crippen molar-refractivity contribution in [3.8, 4) is 0 Å². The van der Waals surface area contributed by atoms with Crippen LogP contribution >= 0.6 is 11.6 Å². The van der Waals surface area contributed by atoms with Gasteiger partial charge in [0.25, 0.3) is 6.43 Å². The Bertz CT molecular complexity index is 280. The fourth-order valence-electron chi connectivity index (χ4n) is 0.832. The van der Waals surface area contributed by atoms with E-state index < -0.39 is 13.0 Å². The van der Waals surface area contributed by atoms with Gasteiger partial charge in [0.2, 0.25) is 0 Å². The van der Waals surface area contributed by atoms with Crippen LogP contribution in [0.25, 0.3) is 0 Å². The third-order valence-electron chi connectivity index (χ3n) is 1.43. The van der Waals surface area contributed by atoms with Gasteiger partial charge in [0.1, 0.15) is 0 Å². The van der Waals surface area contributed by atoms with E-state index in [1.165, 1.54) is 6.20 Å². The number of aromatic nitrogens is 1. The zero-order chi connectivity index (χ0) is 9.14. The first-order valence-electron chi connectivity index (χ1n) is 3.18. The van der Waals surface area contributed by atoms with Gasteiger partial charge in [-0.3, -0.25) is 4.98 Å². The maximum atomic E-state index is 12.2. The summed E-state index contributed by atoms with van der Waals surface area (Å²) in [5, 5.41) is 8.77. The Hall–Kier alpha value is -0.740. The van der Waals surface area contributed by atoms with Crippen LogP contribution in [0.1, 0.15) is 17.6 Å². The van der Waals surface area contributed by atoms with Crippen molar-refractivity contribution in [2.45, 2.75) is 13.0 Å². The summed E-state index contributed by atoms with van der Waals surface area (Å²) >= 11 is 5.52. The smallest absolute Gasteiger partial charge is 0.265 e. The van der Waals surface area contributed by atoms with Crippen molar-refractivity contribution in [1.29, 1.82) is 0 Å². The summed E-state index contributed by atoms with van der Waals surface area (Å²) in [4.78, 5) is 3.49. The molecule has 1 aromatic heterocycles. The highest BCUT2D eigenvalue weighted by Crippen LogP contribution is 2.26. The lowest BCUT2D eigenvalue weighted by molar-refractivity contribution is 0.146. The predicted molar refractivity (Wildman–Crippen MR) is 40.1 cm³/mol. The molecule has 1 N–H and O–H groups in total. The Kier molecular flexibility index (Phi) is 2.94. The van der Waals surface area contributed by atoms with Crippen molar-refractivity contribution >= 4 is 11.6 Å². The minimum Gasteiger partial charge on any atom is -0.392 e. The van der Waals surface area contributed by atoms with E-state index in [0.717, 1.165) is 6.20 Å². The summed E-state index contributed by atoms with van der Waals surface area (Å²) in [6, 6.07) is 0. The molecule has 5 heteroatoms. The molecule has 0 aliphatic heterocycles. The molecule has 0 fully saturated rings. The molecule has 0 aliphatic carbocycles. The summed E-state index contributed by atoms with van der Waals surface area (Å²) < 4.78 is 24.4. The highest BCUT2D eigenvalue weighted by atomic mass is 35.5. The molecule has 12 heavy (non-hydrogen) atoms. The monoisotopic (exact) mass is 193 g/mol. The second-order valence-corrected chi connectivity index (χ2v) is 2.56. The molecule has 0 radical (unpaired) electrons. The number of nitrogens with zero attached hydrogens (tertiary/aromatic N) is 1. The number of aliphatic hydroxyl groups is 1. The lowest BCUT2D eigenvalue weighted by Gasteiger charge is -2.06. The van der Waals surface area contributed by atoms with Crippen molar-refractivity contribution in [2.24, 2.45) is 0 Å². The highest BCUT2D eigenvalue weighted by molar-refractivity contribution is 6.31. The molecule has 0 aliphatic rings. The van der Waals surface area contributed by atoms with E-state index in [-0.39, 0.29) is 16.1 Å². The first kappa shape index (κ1) is 9.35. The van der Waals surface area contributed by atoms with Gasteiger partial charge in [0.05, 0.1) is 11.6 Å². The number of halogens is 3. The summed E-state index contributed by atoms with van der Waals surface area (Å²) in [5.74, 6) is 0. The van der Waals surface area contributed by atoms with E-state index in [1.54, 1.807) is 0 Å². The number of rotatable bonds is 2. The minimum atomic E-state index is -2.65. The van der Waals surface area contributed by atoms with E-state index in [9.17, 15) is 8.78 Å². The van der Waals surface area contributed by atoms with Crippen LogP contribution in [0.5, 0.6) is 0 Å². The quantitative estimate of drug-likeness (QED) is 0.781. The molecule has 1 heterocycles. The summed E-state index contributed by atoms with van der Waals surface area (Å²) in [7, 11) is 0. The molecule has 1 aromatic rings. The molecule has 0 spiro atoms. The number of pyridine rings is 1. The van der Waals surface area contributed by atoms with Gasteiger partial charge in [0.15, 0.2) is 0 Å². The van der Waals surface area contributed by atoms with Crippen molar-refractivity contribution in [2.75, 3.05) is 0 Å². The maximum Gasteiger partial charge on any atom is 0.265 e. The van der Waals surface area contributed by atoms with Crippen LogP contribution in [0.4, 0.5) is 8.78 Å². The van der Waals surface area contributed by atoms with Crippen molar-refractivity contribution in [1.82, 2.24) is 4.98 Å². The lowest BCUT2D eigenvalue weighted by atomic mass is 10.1. The summed E-state index contributed by atoms with van der Waals surface area (Å²) in [6.45, 7) is -0.499. The molecule has 1 rings (SSSR count). The van der Waals surface area contributed by atoms with Crippen LogP contribution < -0.4 is 0 Å². The van der Waals surface area contributed by atoms with Crippen LogP contribution in [0, 0.1) is 0 Å². The third kappa shape index (κ3) is 1.70. The standard InChI is InChI=1S/C7H6ClF2NO/c8-6-2-11-1-4(7(9)10)5(6)3-12/h1-2,7,12H,3H2. The molecule has 0 bridgehead atoms. The van der Waals surface area contributed by atoms with E-state index in [2.05, 4.69) is 4.98 Å². The highest BCUT2D eigenvalue weighted by Gasteiger charge is 2.14. The molecular formula is C7H6ClF2NO. The van der Waals surface area contributed by atoms with Gasteiger partial charge in [0, 0.05) is 23.5 Å². The Morgan fingerprint density at radius 2 is 2.17 bits per heavy atom. The third-order valence-corrected chi connectivity index (χ3v) is 1.76. The van der Waals surface area contributed by atoms with Crippen LogP contribution in [-0.4, -0.2) is 10.1 Å². The van der Waals surface area contributed by atoms with E-state index in [1.807, 2.05) is 0 Å². The number of alkyl halides is 2. The van der Waals surface area contributed by atoms with Crippen LogP contribution in [-0.2, 0) is 6.61 Å². The average Bonchev–Trinajstić information content (AvgIpc) is 2.03. The molecule has 0 aromatic carbocycles. The SMILES string of the molecule is OCc1c(Cl)cncc1C(F)F. The first-order chi connectivity index (χ1) is 5.66. The van der Waals surface area contributed by atoms with Crippen LogP contribution in [0.15, 0.2) is 12.4 Å². The minimum absolute atomic E-state index is 0.0432. The van der Waals surface area contributed by atoms with Crippen molar-refractivity contribution in [3.63, 3.8) is 0 Å². The van der Waals surface area contributed by atoms with Gasteiger partial charge in [-0.2, -0.15) is 0 Å². The van der Waals surface area contributed by atoms with Gasteiger partial charge in [-0.1, -0.05) is 11.6 Å². The van der Waals surface area contributed by atoms with Gasteiger partial charge in [-0.15, -0.1) is 0 Å². The predicted octanol–water partition coefficient (Wildman–Crippen LogP) is 2.16. The summed E-state index contributed by atoms with van der Waals surface area (Å²) in [6.07, 6.45) is -0.431. The second kappa shape index (κ2) is 3.78.